The van der Waals surface area contributed by atoms with E-state index in [0.717, 1.165) is 7.28 Å². The minimum Gasteiger partial charge on any atom is -0.334 e. The summed E-state index contributed by atoms with van der Waals surface area (Å²) in [7, 11) is 1.06. The van der Waals surface area contributed by atoms with Crippen LogP contribution in [0.25, 0.3) is 0 Å². The fourth-order valence-corrected chi connectivity index (χ4v) is 1.72. The summed E-state index contributed by atoms with van der Waals surface area (Å²) in [5.41, 5.74) is 1.02. The van der Waals surface area contributed by atoms with E-state index in [9.17, 15) is 9.59 Å². The van der Waals surface area contributed by atoms with Crippen molar-refractivity contribution in [1.82, 2.24) is 0 Å². The Morgan fingerprint density at radius 3 is 3.00 bits per heavy atom. The van der Waals surface area contributed by atoms with Crippen molar-refractivity contribution in [1.29, 1.82) is 0 Å². The molecule has 0 aliphatic carbocycles. The average molecular weight is 164 g/mol. The molecule has 53 valence electrons. The maximum Gasteiger partial charge on any atom is 0.327 e. The standard InChI is InChI=1S/C6H3BNO2S/c9-5-3-1-11-2-4(3)8-6(10)7-5/h1-2H,(H,8,10). The lowest BCUT2D eigenvalue weighted by molar-refractivity contribution is 0.107. The Morgan fingerprint density at radius 2 is 2.18 bits per heavy atom. The van der Waals surface area contributed by atoms with Crippen molar-refractivity contribution in [3.8, 4) is 0 Å². The van der Waals surface area contributed by atoms with Crippen LogP contribution in [-0.2, 0) is 0 Å². The number of carbonyl (C=O) groups excluding carboxylic acids is 2. The molecule has 1 radical (unpaired) electrons. The maximum absolute atomic E-state index is 11.0. The minimum atomic E-state index is -0.332. The molecule has 0 saturated heterocycles. The van der Waals surface area contributed by atoms with Gasteiger partial charge in [-0.3, -0.25) is 4.79 Å². The Kier molecular flexibility index (Phi) is 1.32. The fraction of sp³-hybridized carbons (Fsp3) is 0. The molecule has 1 aromatic rings. The van der Waals surface area contributed by atoms with Gasteiger partial charge in [0.05, 0.1) is 5.69 Å². The second-order valence-corrected chi connectivity index (χ2v) is 2.94. The number of anilines is 1. The third kappa shape index (κ3) is 0.972. The molecule has 1 aliphatic heterocycles. The van der Waals surface area contributed by atoms with Crippen LogP contribution in [-0.4, -0.2) is 18.8 Å². The van der Waals surface area contributed by atoms with Gasteiger partial charge in [0.25, 0.3) is 0 Å². The molecule has 0 unspecified atom stereocenters. The first-order valence-electron chi connectivity index (χ1n) is 3.03. The van der Waals surface area contributed by atoms with E-state index >= 15 is 0 Å². The molecule has 2 rings (SSSR count). The van der Waals surface area contributed by atoms with Crippen LogP contribution in [0.4, 0.5) is 10.5 Å². The Hall–Kier alpha value is -1.10. The molecule has 1 N–H and O–H groups in total. The van der Waals surface area contributed by atoms with Gasteiger partial charge >= 0.3 is 7.28 Å². The normalized spacial score (nSPS) is 15.3. The van der Waals surface area contributed by atoms with Crippen LogP contribution < -0.4 is 5.32 Å². The zero-order valence-corrected chi connectivity index (χ0v) is 6.27. The lowest BCUT2D eigenvalue weighted by Crippen LogP contribution is -2.30. The second-order valence-electron chi connectivity index (χ2n) is 2.20. The SMILES string of the molecule is O=C1[B]C(=O)c2cscc2N1. The maximum atomic E-state index is 11.0. The first-order chi connectivity index (χ1) is 5.27. The van der Waals surface area contributed by atoms with E-state index in [0.29, 0.717) is 11.3 Å². The summed E-state index contributed by atoms with van der Waals surface area (Å²) in [4.78, 5) is 21.8. The monoisotopic (exact) mass is 164 g/mol. The molecule has 5 heteroatoms. The highest BCUT2D eigenvalue weighted by Crippen LogP contribution is 2.23. The highest BCUT2D eigenvalue weighted by molar-refractivity contribution is 7.10. The number of rotatable bonds is 0. The fourth-order valence-electron chi connectivity index (χ4n) is 0.950. The highest BCUT2D eigenvalue weighted by atomic mass is 32.1. The molecule has 0 fully saturated rings. The smallest absolute Gasteiger partial charge is 0.327 e. The van der Waals surface area contributed by atoms with Crippen LogP contribution in [0.15, 0.2) is 10.8 Å². The van der Waals surface area contributed by atoms with Crippen molar-refractivity contribution >= 4 is 35.8 Å². The molecule has 0 aromatic carbocycles. The quantitative estimate of drug-likeness (QED) is 0.584. The Morgan fingerprint density at radius 1 is 1.36 bits per heavy atom. The predicted molar refractivity (Wildman–Crippen MR) is 43.4 cm³/mol. The van der Waals surface area contributed by atoms with Crippen molar-refractivity contribution in [3.05, 3.63) is 16.3 Å². The van der Waals surface area contributed by atoms with Crippen molar-refractivity contribution in [2.45, 2.75) is 0 Å². The molecule has 1 aliphatic rings. The number of nitrogens with one attached hydrogen (secondary N) is 1. The lowest BCUT2D eigenvalue weighted by Gasteiger charge is -2.09. The Bertz CT molecular complexity index is 333. The highest BCUT2D eigenvalue weighted by Gasteiger charge is 2.24. The molecule has 0 spiro atoms. The van der Waals surface area contributed by atoms with Crippen molar-refractivity contribution < 1.29 is 9.59 Å². The van der Waals surface area contributed by atoms with Gasteiger partial charge in [0.2, 0.25) is 0 Å². The summed E-state index contributed by atoms with van der Waals surface area (Å²) in [6.07, 6.45) is 0. The molecule has 0 bridgehead atoms. The van der Waals surface area contributed by atoms with Gasteiger partial charge in [-0.15, -0.1) is 11.3 Å². The topological polar surface area (TPSA) is 46.2 Å². The molecule has 1 aromatic heterocycles. The van der Waals surface area contributed by atoms with Crippen LogP contribution in [0, 0.1) is 0 Å². The van der Waals surface area contributed by atoms with E-state index in [1.165, 1.54) is 11.3 Å². The van der Waals surface area contributed by atoms with E-state index in [-0.39, 0.29) is 11.5 Å². The number of carbonyl (C=O) groups is 2. The van der Waals surface area contributed by atoms with Gasteiger partial charge in [0, 0.05) is 16.3 Å². The predicted octanol–water partition coefficient (Wildman–Crippen LogP) is 1.14. The number of fused-ring (bicyclic) bond motifs is 1. The molecule has 1 amide bonds. The van der Waals surface area contributed by atoms with Gasteiger partial charge in [0.15, 0.2) is 5.81 Å². The van der Waals surface area contributed by atoms with Gasteiger partial charge in [-0.1, -0.05) is 0 Å². The van der Waals surface area contributed by atoms with E-state index in [2.05, 4.69) is 5.32 Å². The van der Waals surface area contributed by atoms with Gasteiger partial charge < -0.3 is 10.1 Å². The van der Waals surface area contributed by atoms with Crippen LogP contribution in [0.1, 0.15) is 10.4 Å². The van der Waals surface area contributed by atoms with E-state index in [1.54, 1.807) is 10.8 Å². The lowest BCUT2D eigenvalue weighted by atomic mass is 9.67. The average Bonchev–Trinajstić information content (AvgIpc) is 2.34. The Labute approximate surface area is 67.7 Å². The minimum absolute atomic E-state index is 0.204. The summed E-state index contributed by atoms with van der Waals surface area (Å²) in [5, 5.41) is 6.04. The first-order valence-corrected chi connectivity index (χ1v) is 3.98. The molecular weight excluding hydrogens is 161 g/mol. The molecule has 11 heavy (non-hydrogen) atoms. The van der Waals surface area contributed by atoms with Crippen LogP contribution >= 0.6 is 11.3 Å². The molecule has 3 nitrogen and oxygen atoms in total. The van der Waals surface area contributed by atoms with Crippen molar-refractivity contribution in [3.63, 3.8) is 0 Å². The summed E-state index contributed by atoms with van der Waals surface area (Å²) < 4.78 is 0. The zero-order valence-electron chi connectivity index (χ0n) is 5.46. The van der Waals surface area contributed by atoms with Gasteiger partial charge in [-0.25, -0.2) is 0 Å². The Balaban J connectivity index is 2.52. The second kappa shape index (κ2) is 2.20. The molecule has 0 saturated carbocycles. The summed E-state index contributed by atoms with van der Waals surface area (Å²) in [6.45, 7) is 0. The molecule has 0 atom stereocenters. The third-order valence-corrected chi connectivity index (χ3v) is 2.19. The largest absolute Gasteiger partial charge is 0.334 e. The van der Waals surface area contributed by atoms with Gasteiger partial charge in [-0.2, -0.15) is 0 Å². The van der Waals surface area contributed by atoms with Crippen LogP contribution in [0.2, 0.25) is 0 Å². The number of hydrogen-bond donors (Lipinski definition) is 1. The van der Waals surface area contributed by atoms with E-state index < -0.39 is 0 Å². The summed E-state index contributed by atoms with van der Waals surface area (Å²) in [5.74, 6) is -0.332. The number of thiophene rings is 1. The van der Waals surface area contributed by atoms with E-state index in [1.807, 2.05) is 0 Å². The van der Waals surface area contributed by atoms with Crippen molar-refractivity contribution in [2.75, 3.05) is 5.32 Å². The van der Waals surface area contributed by atoms with Crippen LogP contribution in [0.3, 0.4) is 0 Å². The van der Waals surface area contributed by atoms with Gasteiger partial charge in [0.1, 0.15) is 5.68 Å². The van der Waals surface area contributed by atoms with E-state index in [4.69, 9.17) is 0 Å². The first kappa shape index (κ1) is 6.60. The van der Waals surface area contributed by atoms with Crippen LogP contribution in [0.5, 0.6) is 0 Å². The van der Waals surface area contributed by atoms with Crippen molar-refractivity contribution in [2.24, 2.45) is 0 Å². The summed E-state index contributed by atoms with van der Waals surface area (Å²) in [6, 6.07) is 0. The number of amides is 1. The molecule has 2 heterocycles. The summed E-state index contributed by atoms with van der Waals surface area (Å²) >= 11 is 1.41. The third-order valence-electron chi connectivity index (χ3n) is 1.45. The zero-order chi connectivity index (χ0) is 7.84. The molecular formula is C6H3BNO2S. The number of hydrogen-bond acceptors (Lipinski definition) is 3. The van der Waals surface area contributed by atoms with Gasteiger partial charge in [-0.05, 0) is 0 Å².